The maximum absolute atomic E-state index is 12.6. The summed E-state index contributed by atoms with van der Waals surface area (Å²) in [6, 6.07) is 12.5. The first-order valence-electron chi connectivity index (χ1n) is 9.95. The number of nitrogens with one attached hydrogen (secondary N) is 1. The van der Waals surface area contributed by atoms with Crippen LogP contribution in [0.2, 0.25) is 0 Å². The third kappa shape index (κ3) is 5.16. The van der Waals surface area contributed by atoms with Crippen molar-refractivity contribution in [2.24, 2.45) is 0 Å². The minimum absolute atomic E-state index is 0.0189. The van der Waals surface area contributed by atoms with Crippen LogP contribution in [0.15, 0.2) is 42.6 Å². The quantitative estimate of drug-likeness (QED) is 0.642. The Labute approximate surface area is 177 Å². The van der Waals surface area contributed by atoms with Crippen molar-refractivity contribution in [2.45, 2.75) is 25.2 Å². The van der Waals surface area contributed by atoms with E-state index < -0.39 is 19.2 Å². The molecule has 4 rings (SSSR count). The lowest BCUT2D eigenvalue weighted by molar-refractivity contribution is -0.139. The van der Waals surface area contributed by atoms with Crippen molar-refractivity contribution in [1.29, 1.82) is 5.26 Å². The van der Waals surface area contributed by atoms with Gasteiger partial charge in [0.15, 0.2) is 0 Å². The number of morpholine rings is 1. The molecule has 0 radical (unpaired) electrons. The molecule has 1 saturated heterocycles. The van der Waals surface area contributed by atoms with E-state index >= 15 is 0 Å². The molecule has 0 spiro atoms. The number of ether oxygens (including phenoxy) is 2. The second kappa shape index (κ2) is 8.96. The van der Waals surface area contributed by atoms with E-state index in [0.29, 0.717) is 35.4 Å². The first-order valence-corrected chi connectivity index (χ1v) is 9.95. The Morgan fingerprint density at radius 2 is 2.06 bits per heavy atom. The van der Waals surface area contributed by atoms with Crippen LogP contribution >= 0.6 is 0 Å². The zero-order valence-corrected chi connectivity index (χ0v) is 16.7. The molecule has 1 aliphatic rings. The number of aromatic nitrogens is 2. The third-order valence-electron chi connectivity index (χ3n) is 5.07. The standard InChI is InChI=1S/C22H21F3N4O2/c23-22(24,25)6-9-31-21-18(16-3-1-15(12-26)2-4-16)11-20-19(28-21)5-8-29(20)14-17-13-27-7-10-30-17/h1-5,8,11,17,27H,6-7,9-10,13-14H2/t17-/m0/s1. The van der Waals surface area contributed by atoms with Crippen molar-refractivity contribution in [1.82, 2.24) is 14.9 Å². The van der Waals surface area contributed by atoms with Gasteiger partial charge in [0.05, 0.1) is 54.9 Å². The van der Waals surface area contributed by atoms with Crippen LogP contribution in [0.1, 0.15) is 12.0 Å². The second-order valence-corrected chi connectivity index (χ2v) is 7.31. The van der Waals surface area contributed by atoms with E-state index in [2.05, 4.69) is 16.4 Å². The van der Waals surface area contributed by atoms with E-state index in [1.165, 1.54) is 0 Å². The molecule has 0 saturated carbocycles. The van der Waals surface area contributed by atoms with Gasteiger partial charge in [-0.05, 0) is 29.8 Å². The Hall–Kier alpha value is -3.09. The predicted octanol–water partition coefficient (Wildman–Crippen LogP) is 3.89. The molecule has 0 aliphatic carbocycles. The third-order valence-corrected chi connectivity index (χ3v) is 5.07. The molecule has 0 amide bonds. The minimum atomic E-state index is -4.31. The normalized spacial score (nSPS) is 16.9. The lowest BCUT2D eigenvalue weighted by atomic mass is 10.0. The summed E-state index contributed by atoms with van der Waals surface area (Å²) in [7, 11) is 0. The predicted molar refractivity (Wildman–Crippen MR) is 109 cm³/mol. The largest absolute Gasteiger partial charge is 0.477 e. The number of fused-ring (bicyclic) bond motifs is 1. The molecule has 6 nitrogen and oxygen atoms in total. The first-order chi connectivity index (χ1) is 14.9. The molecule has 1 aliphatic heterocycles. The molecule has 1 aromatic carbocycles. The first kappa shape index (κ1) is 21.2. The van der Waals surface area contributed by atoms with Gasteiger partial charge in [0.25, 0.3) is 0 Å². The number of rotatable bonds is 6. The summed E-state index contributed by atoms with van der Waals surface area (Å²) >= 11 is 0. The van der Waals surface area contributed by atoms with Crippen LogP contribution in [0.3, 0.4) is 0 Å². The molecule has 0 unspecified atom stereocenters. The van der Waals surface area contributed by atoms with Crippen molar-refractivity contribution >= 4 is 11.0 Å². The SMILES string of the molecule is N#Cc1ccc(-c2cc3c(ccn3C[C@@H]3CNCCO3)nc2OCCC(F)(F)F)cc1. The van der Waals surface area contributed by atoms with Gasteiger partial charge < -0.3 is 19.4 Å². The molecular weight excluding hydrogens is 409 g/mol. The summed E-state index contributed by atoms with van der Waals surface area (Å²) in [6.07, 6.45) is -3.47. The molecule has 0 bridgehead atoms. The number of pyridine rings is 1. The van der Waals surface area contributed by atoms with E-state index in [1.54, 1.807) is 24.3 Å². The van der Waals surface area contributed by atoms with Crippen molar-refractivity contribution < 1.29 is 22.6 Å². The molecule has 1 atom stereocenters. The summed E-state index contributed by atoms with van der Waals surface area (Å²) in [5.74, 6) is 0.134. The number of halogens is 3. The highest BCUT2D eigenvalue weighted by Gasteiger charge is 2.27. The highest BCUT2D eigenvalue weighted by molar-refractivity contribution is 5.84. The van der Waals surface area contributed by atoms with Crippen molar-refractivity contribution in [3.8, 4) is 23.1 Å². The molecule has 9 heteroatoms. The zero-order valence-electron chi connectivity index (χ0n) is 16.7. The smallest absolute Gasteiger partial charge is 0.392 e. The van der Waals surface area contributed by atoms with Gasteiger partial charge in [0, 0.05) is 24.8 Å². The van der Waals surface area contributed by atoms with Gasteiger partial charge in [-0.2, -0.15) is 18.4 Å². The van der Waals surface area contributed by atoms with Gasteiger partial charge in [0.1, 0.15) is 0 Å². The molecule has 1 N–H and O–H groups in total. The van der Waals surface area contributed by atoms with Gasteiger partial charge in [-0.1, -0.05) is 12.1 Å². The molecule has 1 fully saturated rings. The number of hydrogen-bond acceptors (Lipinski definition) is 5. The highest BCUT2D eigenvalue weighted by Crippen LogP contribution is 2.33. The lowest BCUT2D eigenvalue weighted by Crippen LogP contribution is -2.40. The van der Waals surface area contributed by atoms with Crippen molar-refractivity contribution in [3.05, 3.63) is 48.2 Å². The summed E-state index contributed by atoms with van der Waals surface area (Å²) in [4.78, 5) is 4.50. The number of hydrogen-bond donors (Lipinski definition) is 1. The van der Waals surface area contributed by atoms with E-state index in [-0.39, 0.29) is 12.0 Å². The molecular formula is C22H21F3N4O2. The average Bonchev–Trinajstić information content (AvgIpc) is 3.14. The van der Waals surface area contributed by atoms with Crippen LogP contribution < -0.4 is 10.1 Å². The van der Waals surface area contributed by atoms with Gasteiger partial charge in [0.2, 0.25) is 5.88 Å². The monoisotopic (exact) mass is 430 g/mol. The lowest BCUT2D eigenvalue weighted by Gasteiger charge is -2.24. The summed E-state index contributed by atoms with van der Waals surface area (Å²) in [5, 5.41) is 12.3. The van der Waals surface area contributed by atoms with Crippen molar-refractivity contribution in [2.75, 3.05) is 26.3 Å². The number of benzene rings is 1. The Balaban J connectivity index is 1.69. The Kier molecular flexibility index (Phi) is 6.11. The van der Waals surface area contributed by atoms with E-state index in [4.69, 9.17) is 14.7 Å². The van der Waals surface area contributed by atoms with Gasteiger partial charge in [-0.25, -0.2) is 4.98 Å². The van der Waals surface area contributed by atoms with Crippen molar-refractivity contribution in [3.63, 3.8) is 0 Å². The van der Waals surface area contributed by atoms with Crippen LogP contribution in [0.4, 0.5) is 13.2 Å². The maximum atomic E-state index is 12.6. The summed E-state index contributed by atoms with van der Waals surface area (Å²) in [5.41, 5.74) is 3.23. The van der Waals surface area contributed by atoms with E-state index in [9.17, 15) is 13.2 Å². The summed E-state index contributed by atoms with van der Waals surface area (Å²) in [6.45, 7) is 2.32. The van der Waals surface area contributed by atoms with Crippen LogP contribution in [0, 0.1) is 11.3 Å². The number of alkyl halides is 3. The van der Waals surface area contributed by atoms with Crippen LogP contribution in [-0.4, -0.2) is 48.1 Å². The average molecular weight is 430 g/mol. The number of nitriles is 1. The fourth-order valence-electron chi connectivity index (χ4n) is 3.51. The van der Waals surface area contributed by atoms with E-state index in [1.807, 2.05) is 22.9 Å². The Morgan fingerprint density at radius 1 is 1.26 bits per heavy atom. The van der Waals surface area contributed by atoms with Crippen LogP contribution in [0.5, 0.6) is 5.88 Å². The molecule has 3 aromatic rings. The van der Waals surface area contributed by atoms with Crippen LogP contribution in [-0.2, 0) is 11.3 Å². The Bertz CT molecular complexity index is 1080. The zero-order chi connectivity index (χ0) is 21.8. The molecule has 3 heterocycles. The second-order valence-electron chi connectivity index (χ2n) is 7.31. The van der Waals surface area contributed by atoms with Crippen LogP contribution in [0.25, 0.3) is 22.2 Å². The van der Waals surface area contributed by atoms with Gasteiger partial charge in [-0.15, -0.1) is 0 Å². The molecule has 162 valence electrons. The fourth-order valence-corrected chi connectivity index (χ4v) is 3.51. The molecule has 2 aromatic heterocycles. The summed E-state index contributed by atoms with van der Waals surface area (Å²) < 4.78 is 51.0. The Morgan fingerprint density at radius 3 is 2.74 bits per heavy atom. The fraction of sp³-hybridized carbons (Fsp3) is 0.364. The van der Waals surface area contributed by atoms with Gasteiger partial charge in [-0.3, -0.25) is 0 Å². The maximum Gasteiger partial charge on any atom is 0.392 e. The number of nitrogens with zero attached hydrogens (tertiary/aromatic N) is 3. The molecule has 31 heavy (non-hydrogen) atoms. The van der Waals surface area contributed by atoms with E-state index in [0.717, 1.165) is 18.6 Å². The topological polar surface area (TPSA) is 72.1 Å². The highest BCUT2D eigenvalue weighted by atomic mass is 19.4. The minimum Gasteiger partial charge on any atom is -0.477 e. The van der Waals surface area contributed by atoms with Gasteiger partial charge >= 0.3 is 6.18 Å².